The number of nitrogens with zero attached hydrogens (tertiary/aromatic N) is 4. The van der Waals surface area contributed by atoms with Crippen molar-refractivity contribution in [2.24, 2.45) is 0 Å². The van der Waals surface area contributed by atoms with E-state index in [4.69, 9.17) is 37.6 Å². The molecule has 0 radical (unpaired) electrons. The number of pyridine rings is 1. The first kappa shape index (κ1) is 34.7. The topological polar surface area (TPSA) is 63.6 Å². The second kappa shape index (κ2) is 16.7. The molecule has 15 rings (SSSR count). The summed E-state index contributed by atoms with van der Waals surface area (Å²) in [4.78, 5) is 4.98. The van der Waals surface area contributed by atoms with Crippen LogP contribution in [0.5, 0.6) is 46.0 Å². The average Bonchev–Trinajstić information content (AvgIpc) is 1.26. The number of rotatable bonds is 7. The van der Waals surface area contributed by atoms with Crippen LogP contribution in [0.2, 0.25) is 0 Å². The van der Waals surface area contributed by atoms with Gasteiger partial charge in [-0.2, -0.15) is 18.2 Å². The van der Waals surface area contributed by atoms with Crippen LogP contribution in [0.1, 0.15) is 40.0 Å². The van der Waals surface area contributed by atoms with E-state index in [9.17, 15) is 0 Å². The van der Waals surface area contributed by atoms with Gasteiger partial charge < -0.3 is 28.1 Å². The molecule has 3 aliphatic heterocycles. The van der Waals surface area contributed by atoms with Crippen molar-refractivity contribution < 1.29 is 58.3 Å². The van der Waals surface area contributed by atoms with Crippen LogP contribution in [0.15, 0.2) is 194 Å². The molecule has 0 aliphatic carbocycles. The molecule has 0 unspecified atom stereocenters. The van der Waals surface area contributed by atoms with Crippen molar-refractivity contribution in [1.82, 2.24) is 14.1 Å². The zero-order valence-corrected chi connectivity index (χ0v) is 41.8. The molecule has 9 aromatic carbocycles. The number of hydrogen-bond acceptors (Lipinski definition) is 5. The Kier molecular flexibility index (Phi) is 7.83. The molecule has 0 saturated carbocycles. The van der Waals surface area contributed by atoms with Gasteiger partial charge in [0.25, 0.3) is 13.0 Å². The van der Waals surface area contributed by atoms with Crippen molar-refractivity contribution in [3.05, 3.63) is 218 Å². The van der Waals surface area contributed by atoms with Crippen molar-refractivity contribution in [2.75, 3.05) is 0 Å². The minimum Gasteiger partial charge on any atom is -0.510 e. The summed E-state index contributed by atoms with van der Waals surface area (Å²) < 4.78 is 120. The molecule has 12 aromatic rings. The zero-order valence-electron chi connectivity index (χ0n) is 49.5. The van der Waals surface area contributed by atoms with Crippen molar-refractivity contribution in [3.8, 4) is 85.4 Å². The maximum absolute atomic E-state index is 9.09. The Hall–Kier alpha value is -8.65. The molecule has 8 nitrogen and oxygen atoms in total. The first-order chi connectivity index (χ1) is 40.0. The van der Waals surface area contributed by atoms with Crippen LogP contribution in [0.25, 0.3) is 72.3 Å². The van der Waals surface area contributed by atoms with Crippen molar-refractivity contribution in [1.29, 1.82) is 0 Å². The van der Waals surface area contributed by atoms with Crippen LogP contribution in [-0.2, 0) is 26.5 Å². The monoisotopic (exact) mass is 1150 g/mol. The largest absolute Gasteiger partial charge is 0.510 e. The fourth-order valence-corrected chi connectivity index (χ4v) is 10.7. The van der Waals surface area contributed by atoms with Gasteiger partial charge in [-0.25, -0.2) is 4.98 Å². The van der Waals surface area contributed by atoms with Crippen LogP contribution in [-0.4, -0.2) is 20.8 Å². The summed E-state index contributed by atoms with van der Waals surface area (Å²) in [7, 11) is 0. The number of ether oxygens (including phenoxy) is 4. The van der Waals surface area contributed by atoms with E-state index in [1.54, 1.807) is 51.6 Å². The Bertz CT molecular complexity index is 4750. The summed E-state index contributed by atoms with van der Waals surface area (Å²) in [5.41, 5.74) is 6.77. The first-order valence-electron chi connectivity index (χ1n) is 28.7. The molecule has 356 valence electrons. The van der Waals surface area contributed by atoms with Crippen molar-refractivity contribution in [3.63, 3.8) is 0 Å². The van der Waals surface area contributed by atoms with E-state index >= 15 is 0 Å². The number of fused-ring (bicyclic) bond motifs is 5. The molecule has 6 heterocycles. The van der Waals surface area contributed by atoms with Crippen LogP contribution >= 0.6 is 0 Å². The third kappa shape index (κ3) is 6.73. The second-order valence-electron chi connectivity index (χ2n) is 19.1. The smallest absolute Gasteiger partial charge is 0.270 e. The normalized spacial score (nSPS) is 14.6. The number of hydrogen-bond donors (Lipinski definition) is 0. The van der Waals surface area contributed by atoms with Crippen LogP contribution in [0.3, 0.4) is 0 Å². The minimum atomic E-state index is -0.583. The van der Waals surface area contributed by atoms with Gasteiger partial charge in [-0.3, -0.25) is 4.57 Å². The summed E-state index contributed by atoms with van der Waals surface area (Å²) in [6.07, 6.45) is 5.24. The maximum atomic E-state index is 9.09. The average molecular weight is 1150 g/mol. The molecule has 0 fully saturated rings. The van der Waals surface area contributed by atoms with Crippen LogP contribution in [0.4, 0.5) is 0 Å². The predicted octanol–water partition coefficient (Wildman–Crippen LogP) is 13.1. The van der Waals surface area contributed by atoms with Gasteiger partial charge in [0.2, 0.25) is 0 Å². The SMILES string of the molecule is [2H]c1c([2H])c([2H])c(-c2cccc(-c3c([2H])c([2H])c([2H])c([2H])c3[2H])c2-[n+]2[c-]n(-c3[c-]c(Oc4[c-]c5c(cc4)c4c6c7c(cc4n5-c4cc(C(C)(C)C)ccn4)Oc4cccc5c4B7c4c(cccc4O6)O5)ccc3)c3ccccc32)c([2H])c1[2H].[Pt]. The Morgan fingerprint density at radius 2 is 1.26 bits per heavy atom. The number of para-hydroxylation sites is 3. The van der Waals surface area contributed by atoms with Crippen molar-refractivity contribution >= 4 is 55.9 Å². The van der Waals surface area contributed by atoms with Gasteiger partial charge in [-0.05, 0) is 80.7 Å². The van der Waals surface area contributed by atoms with E-state index < -0.39 is 60.4 Å². The molecule has 74 heavy (non-hydrogen) atoms. The predicted molar refractivity (Wildman–Crippen MR) is 287 cm³/mol. The quantitative estimate of drug-likeness (QED) is 0.0904. The molecule has 3 aromatic heterocycles. The van der Waals surface area contributed by atoms with Crippen LogP contribution in [0, 0.1) is 18.5 Å². The Labute approximate surface area is 456 Å². The zero-order chi connectivity index (χ0) is 57.2. The molecule has 3 aliphatic rings. The Morgan fingerprint density at radius 1 is 0.622 bits per heavy atom. The van der Waals surface area contributed by atoms with E-state index in [1.165, 1.54) is 0 Å². The van der Waals surface area contributed by atoms with E-state index in [1.807, 2.05) is 79.0 Å². The summed E-state index contributed by atoms with van der Waals surface area (Å²) >= 11 is 0. The molecule has 10 heteroatoms. The van der Waals surface area contributed by atoms with Crippen LogP contribution < -0.4 is 39.9 Å². The first-order valence-corrected chi connectivity index (χ1v) is 23.7. The standard InChI is InChI=1S/C64H41BN4O4.Pt/c1-64(2,3)41-32-33-66-57(34-41)69-50-36-44(30-31-47(50)58-51(69)37-56-61-63(58)73-55-29-15-27-53-60(55)65(61)59-52(71-53)26-14-28-54(59)72-56)70-43-21-12-20-42(35-43)67-38-68(49-25-11-10-24-48(49)67)62-45(39-16-6-4-7-17-39)22-13-23-46(62)40-18-8-5-9-19-40;/h4-34,37H,1-3H3;/q-2;/i4D,5D,6D,7D,8D,9D,16D,17D,18D,19D;. The third-order valence-corrected chi connectivity index (χ3v) is 13.9. The minimum absolute atomic E-state index is 0. The fraction of sp³-hybridized carbons (Fsp3) is 0.0625. The molecular formula is C64H41BN4O4Pt-2. The van der Waals surface area contributed by atoms with Gasteiger partial charge in [0, 0.05) is 66.7 Å². The van der Waals surface area contributed by atoms with Gasteiger partial charge >= 0.3 is 0 Å². The summed E-state index contributed by atoms with van der Waals surface area (Å²) in [6.45, 7) is 6.27. The Balaban J connectivity index is 0.00000627. The van der Waals surface area contributed by atoms with E-state index in [2.05, 4.69) is 55.9 Å². The maximum Gasteiger partial charge on any atom is 0.270 e. The molecule has 0 atom stereocenters. The van der Waals surface area contributed by atoms with E-state index in [0.29, 0.717) is 62.6 Å². The summed E-state index contributed by atoms with van der Waals surface area (Å²) in [5, 5.41) is 1.68. The molecule has 0 saturated heterocycles. The molecule has 0 amide bonds. The van der Waals surface area contributed by atoms with Gasteiger partial charge in [-0.1, -0.05) is 147 Å². The summed E-state index contributed by atoms with van der Waals surface area (Å²) in [5.74, 6) is 5.52. The molecule has 0 N–H and O–H groups in total. The van der Waals surface area contributed by atoms with Gasteiger partial charge in [0.1, 0.15) is 40.3 Å². The fourth-order valence-electron chi connectivity index (χ4n) is 10.7. The second-order valence-corrected chi connectivity index (χ2v) is 19.1. The summed E-state index contributed by atoms with van der Waals surface area (Å²) in [6, 6.07) is 40.9. The van der Waals surface area contributed by atoms with E-state index in [0.717, 1.165) is 49.7 Å². The van der Waals surface area contributed by atoms with Crippen molar-refractivity contribution in [2.45, 2.75) is 26.2 Å². The third-order valence-electron chi connectivity index (χ3n) is 13.9. The number of aromatic nitrogens is 4. The van der Waals surface area contributed by atoms with Gasteiger partial charge in [-0.15, -0.1) is 24.3 Å². The van der Waals surface area contributed by atoms with Gasteiger partial charge in [0.15, 0.2) is 0 Å². The number of imidazole rings is 1. The Morgan fingerprint density at radius 3 is 1.96 bits per heavy atom. The molecule has 0 bridgehead atoms. The molecule has 0 spiro atoms. The van der Waals surface area contributed by atoms with Gasteiger partial charge in [0.05, 0.1) is 30.4 Å². The molecular weight excluding hydrogens is 1090 g/mol. The van der Waals surface area contributed by atoms with E-state index in [-0.39, 0.29) is 61.1 Å². The number of benzene rings is 9.